The van der Waals surface area contributed by atoms with Crippen molar-refractivity contribution < 1.29 is 4.79 Å². The molecule has 0 aromatic rings. The highest BCUT2D eigenvalue weighted by Gasteiger charge is 2.19. The first-order valence-corrected chi connectivity index (χ1v) is 5.34. The maximum atomic E-state index is 11.2. The third kappa shape index (κ3) is 10.0. The Hall–Kier alpha value is -0.280. The Kier molecular flexibility index (Phi) is 9.07. The summed E-state index contributed by atoms with van der Waals surface area (Å²) in [4.78, 5) is 11.2. The van der Waals surface area contributed by atoms with E-state index in [1.54, 1.807) is 0 Å². The lowest BCUT2D eigenvalue weighted by Crippen LogP contribution is -2.35. The van der Waals surface area contributed by atoms with Crippen LogP contribution >= 0.6 is 12.4 Å². The monoisotopic (exact) mass is 236 g/mol. The molecule has 0 aliphatic heterocycles. The first-order chi connectivity index (χ1) is 6.37. The van der Waals surface area contributed by atoms with Gasteiger partial charge in [-0.1, -0.05) is 27.7 Å². The van der Waals surface area contributed by atoms with Crippen molar-refractivity contribution in [2.24, 2.45) is 17.1 Å². The number of carbonyl (C=O) groups is 1. The van der Waals surface area contributed by atoms with Gasteiger partial charge in [-0.25, -0.2) is 0 Å². The van der Waals surface area contributed by atoms with E-state index in [0.717, 1.165) is 13.0 Å². The van der Waals surface area contributed by atoms with Crippen LogP contribution in [0.2, 0.25) is 0 Å². The molecule has 15 heavy (non-hydrogen) atoms. The molecule has 0 saturated heterocycles. The predicted octanol–water partition coefficient (Wildman–Crippen LogP) is 1.95. The highest BCUT2D eigenvalue weighted by molar-refractivity contribution is 5.85. The fourth-order valence-electron chi connectivity index (χ4n) is 1.73. The number of halogens is 1. The van der Waals surface area contributed by atoms with Gasteiger partial charge in [0, 0.05) is 19.5 Å². The summed E-state index contributed by atoms with van der Waals surface area (Å²) in [5.41, 5.74) is 5.47. The van der Waals surface area contributed by atoms with Crippen LogP contribution in [0.1, 0.15) is 40.5 Å². The van der Waals surface area contributed by atoms with Crippen molar-refractivity contribution >= 4 is 18.3 Å². The molecule has 0 spiro atoms. The lowest BCUT2D eigenvalue weighted by molar-refractivity contribution is -0.121. The fraction of sp³-hybridized carbons (Fsp3) is 0.909. The first-order valence-electron chi connectivity index (χ1n) is 5.34. The van der Waals surface area contributed by atoms with E-state index in [0.29, 0.717) is 18.9 Å². The van der Waals surface area contributed by atoms with Gasteiger partial charge < -0.3 is 11.1 Å². The molecule has 1 amide bonds. The highest BCUT2D eigenvalue weighted by atomic mass is 35.5. The van der Waals surface area contributed by atoms with Crippen molar-refractivity contribution in [3.05, 3.63) is 0 Å². The van der Waals surface area contributed by atoms with E-state index in [1.165, 1.54) is 0 Å². The molecular weight excluding hydrogens is 212 g/mol. The van der Waals surface area contributed by atoms with E-state index in [1.807, 2.05) is 0 Å². The smallest absolute Gasteiger partial charge is 0.221 e. The van der Waals surface area contributed by atoms with Crippen molar-refractivity contribution in [1.82, 2.24) is 5.32 Å². The minimum Gasteiger partial charge on any atom is -0.356 e. The minimum atomic E-state index is 0. The topological polar surface area (TPSA) is 55.1 Å². The second-order valence-corrected chi connectivity index (χ2v) is 5.08. The zero-order chi connectivity index (χ0) is 11.2. The van der Waals surface area contributed by atoms with Gasteiger partial charge in [0.05, 0.1) is 0 Å². The Labute approximate surface area is 99.6 Å². The number of nitrogens with one attached hydrogen (secondary N) is 1. The maximum Gasteiger partial charge on any atom is 0.221 e. The Morgan fingerprint density at radius 1 is 1.40 bits per heavy atom. The summed E-state index contributed by atoms with van der Waals surface area (Å²) in [6.07, 6.45) is 1.55. The van der Waals surface area contributed by atoms with E-state index in [2.05, 4.69) is 33.0 Å². The molecule has 0 aromatic carbocycles. The predicted molar refractivity (Wildman–Crippen MR) is 67.2 cm³/mol. The molecule has 0 rings (SSSR count). The van der Waals surface area contributed by atoms with E-state index >= 15 is 0 Å². The maximum absolute atomic E-state index is 11.2. The Bertz CT molecular complexity index is 181. The molecule has 0 unspecified atom stereocenters. The summed E-state index contributed by atoms with van der Waals surface area (Å²) in [5, 5.41) is 2.91. The summed E-state index contributed by atoms with van der Waals surface area (Å²) in [5.74, 6) is 0.723. The molecule has 92 valence electrons. The lowest BCUT2D eigenvalue weighted by atomic mass is 9.84. The number of hydrogen-bond acceptors (Lipinski definition) is 2. The zero-order valence-electron chi connectivity index (χ0n) is 10.3. The van der Waals surface area contributed by atoms with Crippen LogP contribution in [0.5, 0.6) is 0 Å². The lowest BCUT2D eigenvalue weighted by Gasteiger charge is -2.26. The van der Waals surface area contributed by atoms with Gasteiger partial charge in [0.15, 0.2) is 0 Å². The fourth-order valence-corrected chi connectivity index (χ4v) is 1.73. The van der Waals surface area contributed by atoms with Crippen molar-refractivity contribution in [3.8, 4) is 0 Å². The summed E-state index contributed by atoms with van der Waals surface area (Å²) in [7, 11) is 0. The van der Waals surface area contributed by atoms with Crippen LogP contribution in [0.3, 0.4) is 0 Å². The average Bonchev–Trinajstić information content (AvgIpc) is 1.99. The van der Waals surface area contributed by atoms with Gasteiger partial charge in [0.1, 0.15) is 0 Å². The van der Waals surface area contributed by atoms with E-state index in [9.17, 15) is 4.79 Å². The number of carbonyl (C=O) groups excluding carboxylic acids is 1. The van der Waals surface area contributed by atoms with Crippen LogP contribution < -0.4 is 11.1 Å². The normalized spacial score (nSPS) is 11.1. The van der Waals surface area contributed by atoms with Gasteiger partial charge in [-0.05, 0) is 17.8 Å². The summed E-state index contributed by atoms with van der Waals surface area (Å²) < 4.78 is 0. The third-order valence-electron chi connectivity index (χ3n) is 2.10. The second-order valence-electron chi connectivity index (χ2n) is 5.08. The van der Waals surface area contributed by atoms with E-state index in [-0.39, 0.29) is 23.7 Å². The molecule has 0 atom stereocenters. The number of hydrogen-bond donors (Lipinski definition) is 2. The number of rotatable bonds is 6. The van der Waals surface area contributed by atoms with E-state index < -0.39 is 0 Å². The van der Waals surface area contributed by atoms with Gasteiger partial charge >= 0.3 is 0 Å². The van der Waals surface area contributed by atoms with E-state index in [4.69, 9.17) is 5.73 Å². The van der Waals surface area contributed by atoms with Crippen LogP contribution in [0, 0.1) is 11.3 Å². The zero-order valence-corrected chi connectivity index (χ0v) is 11.1. The number of amides is 1. The molecule has 0 fully saturated rings. The van der Waals surface area contributed by atoms with Gasteiger partial charge in [0.2, 0.25) is 5.91 Å². The third-order valence-corrected chi connectivity index (χ3v) is 2.10. The molecule has 3 N–H and O–H groups in total. The van der Waals surface area contributed by atoms with Crippen molar-refractivity contribution in [1.29, 1.82) is 0 Å². The average molecular weight is 237 g/mol. The Morgan fingerprint density at radius 2 is 1.93 bits per heavy atom. The molecule has 0 aliphatic rings. The minimum absolute atomic E-state index is 0. The molecule has 3 nitrogen and oxygen atoms in total. The SMILES string of the molecule is CC(C)CC(C)(C)CNC(=O)CCN.Cl. The molecular formula is C11H25ClN2O. The molecule has 0 aromatic heterocycles. The summed E-state index contributed by atoms with van der Waals surface area (Å²) in [6.45, 7) is 9.92. The van der Waals surface area contributed by atoms with Crippen LogP contribution in [0.4, 0.5) is 0 Å². The first kappa shape index (κ1) is 17.1. The molecule has 0 radical (unpaired) electrons. The van der Waals surface area contributed by atoms with Crippen LogP contribution in [-0.4, -0.2) is 19.0 Å². The molecule has 0 heterocycles. The summed E-state index contributed by atoms with van der Waals surface area (Å²) in [6, 6.07) is 0. The quantitative estimate of drug-likeness (QED) is 0.741. The Balaban J connectivity index is 0. The van der Waals surface area contributed by atoms with Gasteiger partial charge in [-0.3, -0.25) is 4.79 Å². The van der Waals surface area contributed by atoms with Gasteiger partial charge in [-0.2, -0.15) is 0 Å². The van der Waals surface area contributed by atoms with Gasteiger partial charge in [-0.15, -0.1) is 12.4 Å². The molecule has 0 saturated carbocycles. The van der Waals surface area contributed by atoms with Crippen LogP contribution in [0.25, 0.3) is 0 Å². The van der Waals surface area contributed by atoms with Crippen molar-refractivity contribution in [3.63, 3.8) is 0 Å². The molecule has 4 heteroatoms. The Morgan fingerprint density at radius 3 is 2.33 bits per heavy atom. The van der Waals surface area contributed by atoms with Crippen LogP contribution in [-0.2, 0) is 4.79 Å². The summed E-state index contributed by atoms with van der Waals surface area (Å²) >= 11 is 0. The van der Waals surface area contributed by atoms with Crippen molar-refractivity contribution in [2.75, 3.05) is 13.1 Å². The highest BCUT2D eigenvalue weighted by Crippen LogP contribution is 2.23. The molecule has 0 aliphatic carbocycles. The largest absolute Gasteiger partial charge is 0.356 e. The van der Waals surface area contributed by atoms with Crippen LogP contribution in [0.15, 0.2) is 0 Å². The van der Waals surface area contributed by atoms with Crippen molar-refractivity contribution in [2.45, 2.75) is 40.5 Å². The standard InChI is InChI=1S/C11H24N2O.ClH/c1-9(2)7-11(3,4)8-13-10(14)5-6-12;/h9H,5-8,12H2,1-4H3,(H,13,14);1H. The molecule has 0 bridgehead atoms. The second kappa shape index (κ2) is 7.94. The number of nitrogens with two attached hydrogens (primary N) is 1. The van der Waals surface area contributed by atoms with Gasteiger partial charge in [0.25, 0.3) is 0 Å².